The number of amides is 2. The molecule has 14 heteroatoms. The van der Waals surface area contributed by atoms with E-state index in [1.165, 1.54) is 34.4 Å². The average Bonchev–Trinajstić information content (AvgIpc) is 3.41. The number of benzene rings is 2. The molecule has 0 bridgehead atoms. The molecule has 0 aliphatic carbocycles. The molecule has 1 fully saturated rings. The average molecular weight is 599 g/mol. The van der Waals surface area contributed by atoms with Crippen LogP contribution in [-0.2, 0) is 15.8 Å². The second kappa shape index (κ2) is 11.2. The van der Waals surface area contributed by atoms with E-state index < -0.39 is 46.7 Å². The molecule has 6 nitrogen and oxygen atoms in total. The van der Waals surface area contributed by atoms with Gasteiger partial charge in [0, 0.05) is 23.5 Å². The second-order valence-corrected chi connectivity index (χ2v) is 10.7. The number of hydrogen-bond donors (Lipinski definition) is 2. The molecule has 0 radical (unpaired) electrons. The number of alkyl halides is 3. The van der Waals surface area contributed by atoms with Crippen LogP contribution in [-0.4, -0.2) is 38.7 Å². The van der Waals surface area contributed by atoms with Crippen molar-refractivity contribution < 1.29 is 41.4 Å². The Hall–Kier alpha value is -3.62. The highest BCUT2D eigenvalue weighted by molar-refractivity contribution is 8.26. The van der Waals surface area contributed by atoms with Crippen LogP contribution in [0.3, 0.4) is 0 Å². The van der Waals surface area contributed by atoms with Crippen molar-refractivity contribution in [2.24, 2.45) is 0 Å². The lowest BCUT2D eigenvalue weighted by atomic mass is 10.0. The van der Waals surface area contributed by atoms with Crippen LogP contribution >= 0.6 is 35.3 Å². The number of aromatic carboxylic acids is 1. The normalized spacial score (nSPS) is 14.8. The van der Waals surface area contributed by atoms with E-state index in [0.717, 1.165) is 36.0 Å². The molecule has 39 heavy (non-hydrogen) atoms. The van der Waals surface area contributed by atoms with Crippen LogP contribution in [0.25, 0.3) is 17.2 Å². The molecule has 2 N–H and O–H groups in total. The molecular weight excluding hydrogens is 583 g/mol. The third-order valence-electron chi connectivity index (χ3n) is 5.42. The molecule has 0 spiro atoms. The molecule has 202 valence electrons. The Morgan fingerprint density at radius 1 is 1.05 bits per heavy atom. The topological polar surface area (TPSA) is 86.7 Å². The van der Waals surface area contributed by atoms with Gasteiger partial charge in [-0.2, -0.15) is 13.2 Å². The van der Waals surface area contributed by atoms with E-state index in [2.05, 4.69) is 5.32 Å². The Labute approximate surface area is 231 Å². The Morgan fingerprint density at radius 2 is 1.79 bits per heavy atom. The van der Waals surface area contributed by atoms with Gasteiger partial charge in [0.05, 0.1) is 16.0 Å². The van der Waals surface area contributed by atoms with E-state index >= 15 is 0 Å². The standard InChI is InChI=1S/C25H15F5N2O4S3/c26-18-4-1-12(8-17(18)25(28,29)30)13-7-15(38-11-13)10-20-22(34)32(24(37)39-20)6-5-21(33)31-14-2-3-16(23(35)36)19(27)9-14/h1-4,7-11H,5-6H2,(H,31,33)(H,35,36)/b20-10-. The largest absolute Gasteiger partial charge is 0.478 e. The van der Waals surface area contributed by atoms with Gasteiger partial charge in [-0.3, -0.25) is 14.5 Å². The molecule has 0 unspecified atom stereocenters. The lowest BCUT2D eigenvalue weighted by Crippen LogP contribution is -2.31. The summed E-state index contributed by atoms with van der Waals surface area (Å²) in [5.41, 5.74) is -1.30. The summed E-state index contributed by atoms with van der Waals surface area (Å²) in [6.07, 6.45) is -3.50. The fraction of sp³-hybridized carbons (Fsp3) is 0.120. The quantitative estimate of drug-likeness (QED) is 0.180. The Morgan fingerprint density at radius 3 is 2.46 bits per heavy atom. The summed E-state index contributed by atoms with van der Waals surface area (Å²) in [5, 5.41) is 12.9. The summed E-state index contributed by atoms with van der Waals surface area (Å²) in [7, 11) is 0. The first-order valence-electron chi connectivity index (χ1n) is 10.9. The zero-order valence-corrected chi connectivity index (χ0v) is 21.8. The predicted octanol–water partition coefficient (Wildman–Crippen LogP) is 6.64. The van der Waals surface area contributed by atoms with Gasteiger partial charge in [0.2, 0.25) is 5.91 Å². The minimum atomic E-state index is -4.84. The number of thiocarbonyl (C=S) groups is 1. The first kappa shape index (κ1) is 28.4. The highest BCUT2D eigenvalue weighted by atomic mass is 32.2. The lowest BCUT2D eigenvalue weighted by Gasteiger charge is -2.14. The van der Waals surface area contributed by atoms with Crippen LogP contribution in [0.5, 0.6) is 0 Å². The first-order chi connectivity index (χ1) is 18.3. The van der Waals surface area contributed by atoms with Gasteiger partial charge in [-0.05, 0) is 59.0 Å². The van der Waals surface area contributed by atoms with Crippen molar-refractivity contribution in [1.82, 2.24) is 4.90 Å². The van der Waals surface area contributed by atoms with Crippen LogP contribution in [0, 0.1) is 11.6 Å². The number of carboxylic acids is 1. The number of nitrogens with one attached hydrogen (secondary N) is 1. The van der Waals surface area contributed by atoms with Crippen molar-refractivity contribution in [3.63, 3.8) is 0 Å². The van der Waals surface area contributed by atoms with Crippen LogP contribution in [0.4, 0.5) is 27.6 Å². The smallest absolute Gasteiger partial charge is 0.419 e. The van der Waals surface area contributed by atoms with Crippen LogP contribution in [0.2, 0.25) is 0 Å². The number of thioether (sulfide) groups is 1. The van der Waals surface area contributed by atoms with Gasteiger partial charge in [-0.25, -0.2) is 13.6 Å². The summed E-state index contributed by atoms with van der Waals surface area (Å²) in [6.45, 7) is -0.0744. The summed E-state index contributed by atoms with van der Waals surface area (Å²) < 4.78 is 66.8. The molecule has 1 aliphatic heterocycles. The van der Waals surface area contributed by atoms with E-state index in [-0.39, 0.29) is 33.4 Å². The van der Waals surface area contributed by atoms with Gasteiger partial charge in [-0.1, -0.05) is 30.0 Å². The number of carboxylic acid groups (broad SMARTS) is 1. The van der Waals surface area contributed by atoms with E-state index in [9.17, 15) is 36.3 Å². The van der Waals surface area contributed by atoms with Crippen LogP contribution in [0.1, 0.15) is 27.2 Å². The predicted molar refractivity (Wildman–Crippen MR) is 141 cm³/mol. The maximum absolute atomic E-state index is 13.8. The summed E-state index contributed by atoms with van der Waals surface area (Å²) in [6, 6.07) is 7.38. The van der Waals surface area contributed by atoms with Crippen LogP contribution < -0.4 is 5.32 Å². The monoisotopic (exact) mass is 598 g/mol. The maximum atomic E-state index is 13.8. The van der Waals surface area contributed by atoms with Crippen molar-refractivity contribution in [2.45, 2.75) is 12.6 Å². The number of thiophene rings is 1. The summed E-state index contributed by atoms with van der Waals surface area (Å²) in [5.74, 6) is -4.86. The van der Waals surface area contributed by atoms with Gasteiger partial charge in [-0.15, -0.1) is 11.3 Å². The van der Waals surface area contributed by atoms with Crippen molar-refractivity contribution >= 4 is 69.2 Å². The lowest BCUT2D eigenvalue weighted by molar-refractivity contribution is -0.140. The molecule has 1 aliphatic rings. The van der Waals surface area contributed by atoms with Crippen molar-refractivity contribution in [3.8, 4) is 11.1 Å². The van der Waals surface area contributed by atoms with Gasteiger partial charge in [0.15, 0.2) is 0 Å². The van der Waals surface area contributed by atoms with Crippen LogP contribution in [0.15, 0.2) is 52.7 Å². The van der Waals surface area contributed by atoms with Crippen molar-refractivity contribution in [3.05, 3.63) is 80.4 Å². The third-order valence-corrected chi connectivity index (χ3v) is 7.67. The summed E-state index contributed by atoms with van der Waals surface area (Å²) >= 11 is 7.40. The molecule has 1 saturated heterocycles. The molecule has 0 atom stereocenters. The minimum absolute atomic E-state index is 0.0461. The molecule has 2 heterocycles. The SMILES string of the molecule is O=C(CCN1C(=O)/C(=C/c2cc(-c3ccc(F)c(C(F)(F)F)c3)cs2)SC1=S)Nc1ccc(C(=O)O)c(F)c1. The highest BCUT2D eigenvalue weighted by Crippen LogP contribution is 2.37. The number of carbonyl (C=O) groups excluding carboxylic acids is 2. The van der Waals surface area contributed by atoms with E-state index in [1.807, 2.05) is 0 Å². The molecular formula is C25H15F5N2O4S3. The van der Waals surface area contributed by atoms with Gasteiger partial charge in [0.1, 0.15) is 16.0 Å². The van der Waals surface area contributed by atoms with E-state index in [0.29, 0.717) is 10.4 Å². The maximum Gasteiger partial charge on any atom is 0.419 e. The molecule has 2 aromatic carbocycles. The van der Waals surface area contributed by atoms with Crippen molar-refractivity contribution in [1.29, 1.82) is 0 Å². The van der Waals surface area contributed by atoms with Crippen molar-refractivity contribution in [2.75, 3.05) is 11.9 Å². The highest BCUT2D eigenvalue weighted by Gasteiger charge is 2.35. The van der Waals surface area contributed by atoms with E-state index in [4.69, 9.17) is 17.3 Å². The fourth-order valence-electron chi connectivity index (χ4n) is 3.53. The van der Waals surface area contributed by atoms with E-state index in [1.54, 1.807) is 11.4 Å². The van der Waals surface area contributed by atoms with Gasteiger partial charge >= 0.3 is 12.1 Å². The number of halogens is 5. The molecule has 0 saturated carbocycles. The Balaban J connectivity index is 1.40. The van der Waals surface area contributed by atoms with Gasteiger partial charge < -0.3 is 10.4 Å². The Bertz CT molecular complexity index is 1530. The second-order valence-electron chi connectivity index (χ2n) is 8.06. The number of rotatable bonds is 7. The first-order valence-corrected chi connectivity index (χ1v) is 13.0. The molecule has 3 aromatic rings. The summed E-state index contributed by atoms with van der Waals surface area (Å²) in [4.78, 5) is 38.0. The molecule has 1 aromatic heterocycles. The zero-order valence-electron chi connectivity index (χ0n) is 19.3. The number of hydrogen-bond acceptors (Lipinski definition) is 6. The zero-order chi connectivity index (χ0) is 28.5. The number of anilines is 1. The molecule has 4 rings (SSSR count). The number of nitrogens with zero attached hydrogens (tertiary/aromatic N) is 1. The fourth-order valence-corrected chi connectivity index (χ4v) is 5.75. The Kier molecular flexibility index (Phi) is 8.18. The van der Waals surface area contributed by atoms with Gasteiger partial charge in [0.25, 0.3) is 5.91 Å². The minimum Gasteiger partial charge on any atom is -0.478 e. The third kappa shape index (κ3) is 6.52. The number of carbonyl (C=O) groups is 3. The molecule has 2 amide bonds.